The van der Waals surface area contributed by atoms with Crippen molar-refractivity contribution in [2.24, 2.45) is 0 Å². The van der Waals surface area contributed by atoms with Gasteiger partial charge in [0.2, 0.25) is 0 Å². The number of benzene rings is 1. The molecule has 1 fully saturated rings. The van der Waals surface area contributed by atoms with E-state index < -0.39 is 0 Å². The molecule has 0 spiro atoms. The third-order valence-electron chi connectivity index (χ3n) is 3.01. The Morgan fingerprint density at radius 3 is 2.94 bits per heavy atom. The van der Waals surface area contributed by atoms with E-state index in [0.717, 1.165) is 24.5 Å². The molecule has 5 heteroatoms. The topological polar surface area (TPSA) is 55.6 Å². The molecule has 0 radical (unpaired) electrons. The molecule has 1 aliphatic heterocycles. The zero-order valence-corrected chi connectivity index (χ0v) is 11.3. The summed E-state index contributed by atoms with van der Waals surface area (Å²) >= 11 is 1.98. The van der Waals surface area contributed by atoms with Gasteiger partial charge in [0, 0.05) is 18.8 Å². The number of rotatable bonds is 2. The van der Waals surface area contributed by atoms with E-state index in [4.69, 9.17) is 5.73 Å². The average molecular weight is 266 g/mol. The Hall–Kier alpha value is -1.36. The molecule has 1 aromatic carbocycles. The normalized spacial score (nSPS) is 16.2. The molecule has 0 bridgehead atoms. The molecule has 4 nitrogen and oxygen atoms in total. The molecule has 2 rings (SSSR count). The SMILES string of the molecule is COC(=O)c1ccc(N2CCCSCC2)c(N)c1. The summed E-state index contributed by atoms with van der Waals surface area (Å²) in [5.41, 5.74) is 8.20. The number of anilines is 2. The Kier molecular flexibility index (Phi) is 4.36. The lowest BCUT2D eigenvalue weighted by molar-refractivity contribution is 0.0601. The molecule has 98 valence electrons. The van der Waals surface area contributed by atoms with E-state index in [0.29, 0.717) is 11.3 Å². The maximum absolute atomic E-state index is 11.4. The fraction of sp³-hybridized carbons (Fsp3) is 0.462. The highest BCUT2D eigenvalue weighted by Gasteiger charge is 2.14. The number of thioether (sulfide) groups is 1. The third-order valence-corrected chi connectivity index (χ3v) is 4.06. The van der Waals surface area contributed by atoms with E-state index in [1.807, 2.05) is 17.8 Å². The van der Waals surface area contributed by atoms with Crippen molar-refractivity contribution in [3.63, 3.8) is 0 Å². The number of nitrogen functional groups attached to an aromatic ring is 1. The van der Waals surface area contributed by atoms with E-state index in [-0.39, 0.29) is 5.97 Å². The molecule has 1 aromatic rings. The molecule has 0 atom stereocenters. The quantitative estimate of drug-likeness (QED) is 0.655. The minimum absolute atomic E-state index is 0.348. The van der Waals surface area contributed by atoms with E-state index in [9.17, 15) is 4.79 Å². The van der Waals surface area contributed by atoms with Crippen LogP contribution in [0.1, 0.15) is 16.8 Å². The average Bonchev–Trinajstić information content (AvgIpc) is 2.66. The van der Waals surface area contributed by atoms with Gasteiger partial charge in [0.05, 0.1) is 24.0 Å². The molecule has 0 unspecified atom stereocenters. The van der Waals surface area contributed by atoms with Crippen LogP contribution in [-0.4, -0.2) is 37.7 Å². The molecule has 0 aromatic heterocycles. The summed E-state index contributed by atoms with van der Waals surface area (Å²) in [6.07, 6.45) is 1.17. The van der Waals surface area contributed by atoms with Crippen LogP contribution in [0.2, 0.25) is 0 Å². The summed E-state index contributed by atoms with van der Waals surface area (Å²) in [7, 11) is 1.37. The Labute approximate surface area is 111 Å². The Balaban J connectivity index is 2.20. The predicted octanol–water partition coefficient (Wildman–Crippen LogP) is 2.00. The highest BCUT2D eigenvalue weighted by atomic mass is 32.2. The van der Waals surface area contributed by atoms with Gasteiger partial charge < -0.3 is 15.4 Å². The number of hydrogen-bond donors (Lipinski definition) is 1. The maximum atomic E-state index is 11.4. The fourth-order valence-electron chi connectivity index (χ4n) is 2.07. The van der Waals surface area contributed by atoms with Crippen LogP contribution in [0, 0.1) is 0 Å². The number of ether oxygens (including phenoxy) is 1. The van der Waals surface area contributed by atoms with Gasteiger partial charge in [-0.2, -0.15) is 11.8 Å². The minimum Gasteiger partial charge on any atom is -0.465 e. The standard InChI is InChI=1S/C13H18N2O2S/c1-17-13(16)10-3-4-12(11(14)9-10)15-5-2-7-18-8-6-15/h3-4,9H,2,5-8,14H2,1H3. The molecular formula is C13H18N2O2S. The lowest BCUT2D eigenvalue weighted by Gasteiger charge is -2.24. The van der Waals surface area contributed by atoms with Gasteiger partial charge in [-0.15, -0.1) is 0 Å². The lowest BCUT2D eigenvalue weighted by atomic mass is 10.1. The van der Waals surface area contributed by atoms with Gasteiger partial charge in [0.1, 0.15) is 0 Å². The van der Waals surface area contributed by atoms with Gasteiger partial charge in [-0.05, 0) is 30.4 Å². The first kappa shape index (κ1) is 13.1. The molecule has 18 heavy (non-hydrogen) atoms. The Morgan fingerprint density at radius 2 is 2.22 bits per heavy atom. The van der Waals surface area contributed by atoms with Crippen molar-refractivity contribution in [2.75, 3.05) is 42.3 Å². The first-order valence-corrected chi connectivity index (χ1v) is 7.18. The van der Waals surface area contributed by atoms with Crippen LogP contribution in [0.15, 0.2) is 18.2 Å². The summed E-state index contributed by atoms with van der Waals surface area (Å²) < 4.78 is 4.69. The number of methoxy groups -OCH3 is 1. The molecule has 2 N–H and O–H groups in total. The van der Waals surface area contributed by atoms with Crippen molar-refractivity contribution in [1.29, 1.82) is 0 Å². The van der Waals surface area contributed by atoms with E-state index in [1.165, 1.54) is 19.3 Å². The minimum atomic E-state index is -0.348. The summed E-state index contributed by atoms with van der Waals surface area (Å²) in [4.78, 5) is 13.7. The van der Waals surface area contributed by atoms with Gasteiger partial charge in [0.25, 0.3) is 0 Å². The second-order valence-corrected chi connectivity index (χ2v) is 5.44. The van der Waals surface area contributed by atoms with Gasteiger partial charge in [-0.1, -0.05) is 0 Å². The summed E-state index contributed by atoms with van der Waals surface area (Å²) in [5, 5.41) is 0. The molecule has 0 amide bonds. The summed E-state index contributed by atoms with van der Waals surface area (Å²) in [6.45, 7) is 2.03. The fourth-order valence-corrected chi connectivity index (χ4v) is 2.96. The Bertz CT molecular complexity index is 429. The largest absolute Gasteiger partial charge is 0.465 e. The highest BCUT2D eigenvalue weighted by molar-refractivity contribution is 7.99. The zero-order valence-electron chi connectivity index (χ0n) is 10.5. The molecule has 0 aliphatic carbocycles. The lowest BCUT2D eigenvalue weighted by Crippen LogP contribution is -2.26. The van der Waals surface area contributed by atoms with Crippen LogP contribution in [0.5, 0.6) is 0 Å². The molecular weight excluding hydrogens is 248 g/mol. The number of hydrogen-bond acceptors (Lipinski definition) is 5. The molecule has 1 heterocycles. The molecule has 1 saturated heterocycles. The van der Waals surface area contributed by atoms with Crippen LogP contribution in [0.4, 0.5) is 11.4 Å². The van der Waals surface area contributed by atoms with Crippen molar-refractivity contribution in [1.82, 2.24) is 0 Å². The van der Waals surface area contributed by atoms with Crippen LogP contribution >= 0.6 is 11.8 Å². The van der Waals surface area contributed by atoms with Crippen molar-refractivity contribution >= 4 is 29.1 Å². The van der Waals surface area contributed by atoms with Gasteiger partial charge in [-0.25, -0.2) is 4.79 Å². The van der Waals surface area contributed by atoms with Crippen molar-refractivity contribution < 1.29 is 9.53 Å². The van der Waals surface area contributed by atoms with Crippen molar-refractivity contribution in [2.45, 2.75) is 6.42 Å². The molecule has 1 aliphatic rings. The van der Waals surface area contributed by atoms with E-state index in [2.05, 4.69) is 9.64 Å². The highest BCUT2D eigenvalue weighted by Crippen LogP contribution is 2.26. The van der Waals surface area contributed by atoms with Gasteiger partial charge in [-0.3, -0.25) is 0 Å². The van der Waals surface area contributed by atoms with Gasteiger partial charge in [0.15, 0.2) is 0 Å². The number of carbonyl (C=O) groups excluding carboxylic acids is 1. The van der Waals surface area contributed by atoms with Crippen LogP contribution in [-0.2, 0) is 4.74 Å². The zero-order chi connectivity index (χ0) is 13.0. The third kappa shape index (κ3) is 2.90. The van der Waals surface area contributed by atoms with E-state index >= 15 is 0 Å². The first-order chi connectivity index (χ1) is 8.72. The maximum Gasteiger partial charge on any atom is 0.337 e. The van der Waals surface area contributed by atoms with Crippen LogP contribution < -0.4 is 10.6 Å². The predicted molar refractivity (Wildman–Crippen MR) is 76.3 cm³/mol. The molecule has 0 saturated carbocycles. The Morgan fingerprint density at radius 1 is 1.39 bits per heavy atom. The monoisotopic (exact) mass is 266 g/mol. The van der Waals surface area contributed by atoms with E-state index in [1.54, 1.807) is 12.1 Å². The number of nitrogens with two attached hydrogens (primary N) is 1. The van der Waals surface area contributed by atoms with Gasteiger partial charge >= 0.3 is 5.97 Å². The number of nitrogens with zero attached hydrogens (tertiary/aromatic N) is 1. The van der Waals surface area contributed by atoms with Crippen LogP contribution in [0.3, 0.4) is 0 Å². The van der Waals surface area contributed by atoms with Crippen LogP contribution in [0.25, 0.3) is 0 Å². The number of carbonyl (C=O) groups is 1. The van der Waals surface area contributed by atoms with Crippen molar-refractivity contribution in [3.05, 3.63) is 23.8 Å². The second-order valence-electron chi connectivity index (χ2n) is 4.22. The summed E-state index contributed by atoms with van der Waals surface area (Å²) in [6, 6.07) is 5.38. The first-order valence-electron chi connectivity index (χ1n) is 6.03. The second kappa shape index (κ2) is 6.00. The number of esters is 1. The van der Waals surface area contributed by atoms with Crippen molar-refractivity contribution in [3.8, 4) is 0 Å². The summed E-state index contributed by atoms with van der Waals surface area (Å²) in [5.74, 6) is 1.98. The smallest absolute Gasteiger partial charge is 0.337 e.